The normalized spacial score (nSPS) is 11.1. The lowest BCUT2D eigenvalue weighted by Gasteiger charge is -2.13. The molecule has 0 aliphatic rings. The number of ether oxygens (including phenoxy) is 2. The van der Waals surface area contributed by atoms with Gasteiger partial charge in [-0.1, -0.05) is 23.4 Å². The molecule has 0 bridgehead atoms. The Kier molecular flexibility index (Phi) is 5.86. The van der Waals surface area contributed by atoms with Crippen LogP contribution in [-0.4, -0.2) is 30.0 Å². The molecule has 2 aromatic rings. The first-order chi connectivity index (χ1) is 12.2. The minimum atomic E-state index is -4.84. The number of nitrogens with one attached hydrogen (secondary N) is 1. The van der Waals surface area contributed by atoms with Crippen molar-refractivity contribution in [3.05, 3.63) is 46.8 Å². The topological polar surface area (TPSA) is 90.7 Å². The van der Waals surface area contributed by atoms with E-state index in [4.69, 9.17) is 9.26 Å². The van der Waals surface area contributed by atoms with Crippen LogP contribution >= 0.6 is 0 Å². The minimum Gasteiger partial charge on any atom is -0.452 e. The second-order valence-corrected chi connectivity index (χ2v) is 5.21. The van der Waals surface area contributed by atoms with E-state index < -0.39 is 30.6 Å². The van der Waals surface area contributed by atoms with Crippen LogP contribution in [-0.2, 0) is 16.1 Å². The fourth-order valence-electron chi connectivity index (χ4n) is 2.10. The van der Waals surface area contributed by atoms with E-state index in [1.165, 1.54) is 25.1 Å². The van der Waals surface area contributed by atoms with Crippen molar-refractivity contribution in [3.8, 4) is 5.75 Å². The highest BCUT2D eigenvalue weighted by Crippen LogP contribution is 2.26. The molecule has 140 valence electrons. The summed E-state index contributed by atoms with van der Waals surface area (Å²) in [7, 11) is 0. The van der Waals surface area contributed by atoms with Crippen molar-refractivity contribution >= 4 is 11.9 Å². The van der Waals surface area contributed by atoms with Crippen LogP contribution in [0.5, 0.6) is 5.75 Å². The minimum absolute atomic E-state index is 0.121. The number of amides is 1. The van der Waals surface area contributed by atoms with Gasteiger partial charge in [0.15, 0.2) is 6.61 Å². The molecule has 0 aliphatic heterocycles. The molecule has 1 aromatic heterocycles. The largest absolute Gasteiger partial charge is 0.573 e. The first-order valence-corrected chi connectivity index (χ1v) is 7.37. The molecule has 1 heterocycles. The molecular weight excluding hydrogens is 357 g/mol. The summed E-state index contributed by atoms with van der Waals surface area (Å²) in [6, 6.07) is 5.38. The predicted octanol–water partition coefficient (Wildman–Crippen LogP) is 2.66. The van der Waals surface area contributed by atoms with Crippen molar-refractivity contribution in [1.82, 2.24) is 10.5 Å². The third-order valence-corrected chi connectivity index (χ3v) is 3.25. The Balaban J connectivity index is 1.89. The van der Waals surface area contributed by atoms with Gasteiger partial charge in [0, 0.05) is 12.1 Å². The Hall–Kier alpha value is -3.04. The third kappa shape index (κ3) is 5.23. The summed E-state index contributed by atoms with van der Waals surface area (Å²) < 4.78 is 50.6. The standard InChI is InChI=1S/C16H15F3N2O5/c1-9-14(10(2)26-21-9)15(23)24-8-13(22)20-7-11-5-3-4-6-12(11)25-16(17,18)19/h3-6H,7-8H2,1-2H3,(H,20,22). The van der Waals surface area contributed by atoms with Gasteiger partial charge in [0.2, 0.25) is 0 Å². The lowest BCUT2D eigenvalue weighted by Crippen LogP contribution is -2.29. The summed E-state index contributed by atoms with van der Waals surface area (Å²) in [4.78, 5) is 23.7. The van der Waals surface area contributed by atoms with E-state index in [1.54, 1.807) is 6.92 Å². The van der Waals surface area contributed by atoms with Crippen molar-refractivity contribution in [2.24, 2.45) is 0 Å². The highest BCUT2D eigenvalue weighted by molar-refractivity contribution is 5.93. The predicted molar refractivity (Wildman–Crippen MR) is 81.2 cm³/mol. The number of hydrogen-bond donors (Lipinski definition) is 1. The number of nitrogens with zero attached hydrogens (tertiary/aromatic N) is 1. The molecule has 10 heteroatoms. The molecule has 0 saturated carbocycles. The number of alkyl halides is 3. The monoisotopic (exact) mass is 372 g/mol. The molecule has 0 radical (unpaired) electrons. The number of benzene rings is 1. The van der Waals surface area contributed by atoms with Crippen LogP contribution in [0.4, 0.5) is 13.2 Å². The van der Waals surface area contributed by atoms with Gasteiger partial charge in [0.1, 0.15) is 17.1 Å². The molecule has 1 N–H and O–H groups in total. The van der Waals surface area contributed by atoms with Gasteiger partial charge in [-0.05, 0) is 19.9 Å². The van der Waals surface area contributed by atoms with Gasteiger partial charge in [0.25, 0.3) is 5.91 Å². The molecule has 0 spiro atoms. The number of aryl methyl sites for hydroxylation is 2. The molecule has 0 unspecified atom stereocenters. The number of carbonyl (C=O) groups excluding carboxylic acids is 2. The molecule has 1 amide bonds. The van der Waals surface area contributed by atoms with Crippen molar-refractivity contribution in [2.75, 3.05) is 6.61 Å². The summed E-state index contributed by atoms with van der Waals surface area (Å²) in [5, 5.41) is 5.95. The van der Waals surface area contributed by atoms with Crippen molar-refractivity contribution in [1.29, 1.82) is 0 Å². The summed E-state index contributed by atoms with van der Waals surface area (Å²) in [6.45, 7) is 2.23. The van der Waals surface area contributed by atoms with Gasteiger partial charge in [-0.2, -0.15) is 0 Å². The van der Waals surface area contributed by atoms with E-state index in [0.29, 0.717) is 5.69 Å². The lowest BCUT2D eigenvalue weighted by molar-refractivity contribution is -0.274. The van der Waals surface area contributed by atoms with E-state index in [0.717, 1.165) is 6.07 Å². The van der Waals surface area contributed by atoms with Crippen molar-refractivity contribution in [3.63, 3.8) is 0 Å². The van der Waals surface area contributed by atoms with Gasteiger partial charge in [-0.15, -0.1) is 13.2 Å². The Morgan fingerprint density at radius 2 is 1.92 bits per heavy atom. The van der Waals surface area contributed by atoms with E-state index in [9.17, 15) is 22.8 Å². The van der Waals surface area contributed by atoms with Crippen LogP contribution in [0, 0.1) is 13.8 Å². The lowest BCUT2D eigenvalue weighted by atomic mass is 10.2. The van der Waals surface area contributed by atoms with E-state index in [-0.39, 0.29) is 23.4 Å². The summed E-state index contributed by atoms with van der Waals surface area (Å²) >= 11 is 0. The van der Waals surface area contributed by atoms with Crippen molar-refractivity contribution in [2.45, 2.75) is 26.8 Å². The molecule has 0 saturated heterocycles. The number of para-hydroxylation sites is 1. The number of halogens is 3. The smallest absolute Gasteiger partial charge is 0.452 e. The average molecular weight is 372 g/mol. The van der Waals surface area contributed by atoms with Gasteiger partial charge >= 0.3 is 12.3 Å². The highest BCUT2D eigenvalue weighted by atomic mass is 19.4. The summed E-state index contributed by atoms with van der Waals surface area (Å²) in [6.07, 6.45) is -4.84. The second-order valence-electron chi connectivity index (χ2n) is 5.21. The van der Waals surface area contributed by atoms with Gasteiger partial charge in [-0.3, -0.25) is 4.79 Å². The Morgan fingerprint density at radius 1 is 1.23 bits per heavy atom. The number of hydrogen-bond acceptors (Lipinski definition) is 6. The maximum Gasteiger partial charge on any atom is 0.573 e. The maximum atomic E-state index is 12.3. The van der Waals surface area contributed by atoms with Gasteiger partial charge < -0.3 is 19.3 Å². The molecule has 0 fully saturated rings. The summed E-state index contributed by atoms with van der Waals surface area (Å²) in [5.74, 6) is -1.64. The van der Waals surface area contributed by atoms with Crippen LogP contribution in [0.2, 0.25) is 0 Å². The maximum absolute atomic E-state index is 12.3. The first kappa shape index (κ1) is 19.3. The second kappa shape index (κ2) is 7.89. The van der Waals surface area contributed by atoms with Crippen LogP contribution < -0.4 is 10.1 Å². The fourth-order valence-corrected chi connectivity index (χ4v) is 2.10. The molecule has 2 rings (SSSR count). The van der Waals surface area contributed by atoms with Crippen LogP contribution in [0.3, 0.4) is 0 Å². The van der Waals surface area contributed by atoms with Crippen molar-refractivity contribution < 1.29 is 36.8 Å². The zero-order valence-electron chi connectivity index (χ0n) is 13.8. The summed E-state index contributed by atoms with van der Waals surface area (Å²) in [5.41, 5.74) is 0.572. The van der Waals surface area contributed by atoms with Gasteiger partial charge in [-0.25, -0.2) is 4.79 Å². The van der Waals surface area contributed by atoms with E-state index in [1.807, 2.05) is 0 Å². The molecule has 7 nitrogen and oxygen atoms in total. The molecule has 0 atom stereocenters. The Morgan fingerprint density at radius 3 is 2.54 bits per heavy atom. The Bertz CT molecular complexity index is 782. The van der Waals surface area contributed by atoms with Gasteiger partial charge in [0.05, 0.1) is 5.69 Å². The Labute approximate surface area is 146 Å². The molecule has 1 aromatic carbocycles. The number of carbonyl (C=O) groups is 2. The van der Waals surface area contributed by atoms with Crippen LogP contribution in [0.25, 0.3) is 0 Å². The molecular formula is C16H15F3N2O5. The molecule has 0 aliphatic carbocycles. The van der Waals surface area contributed by atoms with Crippen LogP contribution in [0.1, 0.15) is 27.4 Å². The first-order valence-electron chi connectivity index (χ1n) is 7.37. The quantitative estimate of drug-likeness (QED) is 0.784. The SMILES string of the molecule is Cc1noc(C)c1C(=O)OCC(=O)NCc1ccccc1OC(F)(F)F. The third-order valence-electron chi connectivity index (χ3n) is 3.25. The molecule has 26 heavy (non-hydrogen) atoms. The zero-order valence-corrected chi connectivity index (χ0v) is 13.8. The highest BCUT2D eigenvalue weighted by Gasteiger charge is 2.32. The van der Waals surface area contributed by atoms with E-state index in [2.05, 4.69) is 15.2 Å². The van der Waals surface area contributed by atoms with Crippen LogP contribution in [0.15, 0.2) is 28.8 Å². The average Bonchev–Trinajstić information content (AvgIpc) is 2.89. The van der Waals surface area contributed by atoms with E-state index >= 15 is 0 Å². The zero-order chi connectivity index (χ0) is 19.3. The fraction of sp³-hybridized carbons (Fsp3) is 0.312. The number of aromatic nitrogens is 1. The number of rotatable bonds is 6. The number of esters is 1.